The predicted molar refractivity (Wildman–Crippen MR) is 49.6 cm³/mol. The molecule has 0 heterocycles. The molecule has 1 aliphatic carbocycles. The lowest BCUT2D eigenvalue weighted by atomic mass is 9.72. The number of carboxylic acid groups (broad SMARTS) is 1. The lowest BCUT2D eigenvalue weighted by Gasteiger charge is -2.36. The minimum atomic E-state index is -0.861. The van der Waals surface area contributed by atoms with Crippen LogP contribution in [0.25, 0.3) is 0 Å². The van der Waals surface area contributed by atoms with Crippen LogP contribution in [0.4, 0.5) is 0 Å². The Morgan fingerprint density at radius 2 is 2.00 bits per heavy atom. The van der Waals surface area contributed by atoms with Gasteiger partial charge >= 0.3 is 5.97 Å². The average Bonchev–Trinajstić information content (AvgIpc) is 2.69. The van der Waals surface area contributed by atoms with Gasteiger partial charge < -0.3 is 9.84 Å². The molecular weight excluding hydrogens is 168 g/mol. The van der Waals surface area contributed by atoms with Crippen molar-refractivity contribution in [1.82, 2.24) is 0 Å². The zero-order valence-electron chi connectivity index (χ0n) is 8.76. The van der Waals surface area contributed by atoms with E-state index in [9.17, 15) is 4.79 Å². The molecule has 1 atom stereocenters. The maximum Gasteiger partial charge on any atom is 0.333 e. The predicted octanol–water partition coefficient (Wildman–Crippen LogP) is 1.91. The molecule has 3 nitrogen and oxygen atoms in total. The van der Waals surface area contributed by atoms with Crippen molar-refractivity contribution in [2.24, 2.45) is 10.8 Å². The van der Waals surface area contributed by atoms with E-state index >= 15 is 0 Å². The minimum Gasteiger partial charge on any atom is -0.479 e. The first-order valence-electron chi connectivity index (χ1n) is 4.61. The van der Waals surface area contributed by atoms with Gasteiger partial charge in [0.25, 0.3) is 0 Å². The van der Waals surface area contributed by atoms with Crippen molar-refractivity contribution in [3.63, 3.8) is 0 Å². The van der Waals surface area contributed by atoms with Gasteiger partial charge in [0.15, 0.2) is 6.10 Å². The zero-order valence-corrected chi connectivity index (χ0v) is 8.76. The van der Waals surface area contributed by atoms with Crippen LogP contribution in [0.15, 0.2) is 0 Å². The van der Waals surface area contributed by atoms with Crippen molar-refractivity contribution in [1.29, 1.82) is 0 Å². The van der Waals surface area contributed by atoms with Crippen LogP contribution in [0.2, 0.25) is 0 Å². The van der Waals surface area contributed by atoms with Gasteiger partial charge in [-0.25, -0.2) is 4.79 Å². The van der Waals surface area contributed by atoms with Gasteiger partial charge in [0.05, 0.1) is 0 Å². The number of hydrogen-bond donors (Lipinski definition) is 1. The van der Waals surface area contributed by atoms with Gasteiger partial charge in [-0.3, -0.25) is 0 Å². The molecule has 0 radical (unpaired) electrons. The number of methoxy groups -OCH3 is 1. The molecule has 1 saturated carbocycles. The summed E-state index contributed by atoms with van der Waals surface area (Å²) in [6.45, 7) is 6.08. The molecule has 0 aromatic rings. The summed E-state index contributed by atoms with van der Waals surface area (Å²) in [4.78, 5) is 10.9. The van der Waals surface area contributed by atoms with Crippen LogP contribution in [0.1, 0.15) is 33.6 Å². The first kappa shape index (κ1) is 10.5. The summed E-state index contributed by atoms with van der Waals surface area (Å²) in [5, 5.41) is 8.97. The van der Waals surface area contributed by atoms with Crippen LogP contribution in [0.5, 0.6) is 0 Å². The third-order valence-corrected chi connectivity index (χ3v) is 3.67. The highest BCUT2D eigenvalue weighted by Crippen LogP contribution is 2.59. The van der Waals surface area contributed by atoms with Crippen molar-refractivity contribution in [3.8, 4) is 0 Å². The van der Waals surface area contributed by atoms with Crippen LogP contribution in [-0.2, 0) is 9.53 Å². The van der Waals surface area contributed by atoms with E-state index in [4.69, 9.17) is 9.84 Å². The largest absolute Gasteiger partial charge is 0.479 e. The number of carbonyl (C=O) groups is 1. The number of hydrogen-bond acceptors (Lipinski definition) is 2. The summed E-state index contributed by atoms with van der Waals surface area (Å²) in [6.07, 6.45) is 1.51. The monoisotopic (exact) mass is 186 g/mol. The molecule has 1 rings (SSSR count). The van der Waals surface area contributed by atoms with Gasteiger partial charge in [-0.1, -0.05) is 20.8 Å². The van der Waals surface area contributed by atoms with Crippen molar-refractivity contribution < 1.29 is 14.6 Å². The van der Waals surface area contributed by atoms with Gasteiger partial charge in [0.1, 0.15) is 0 Å². The van der Waals surface area contributed by atoms with Crippen molar-refractivity contribution >= 4 is 5.97 Å². The maximum absolute atomic E-state index is 10.9. The van der Waals surface area contributed by atoms with Crippen molar-refractivity contribution in [2.75, 3.05) is 7.11 Å². The van der Waals surface area contributed by atoms with Crippen molar-refractivity contribution in [3.05, 3.63) is 0 Å². The summed E-state index contributed by atoms with van der Waals surface area (Å²) in [5.74, 6) is -0.861. The third-order valence-electron chi connectivity index (χ3n) is 3.67. The first-order chi connectivity index (χ1) is 5.85. The molecule has 0 amide bonds. The summed E-state index contributed by atoms with van der Waals surface area (Å²) in [5.41, 5.74) is -0.139. The van der Waals surface area contributed by atoms with Crippen LogP contribution < -0.4 is 0 Å². The molecule has 0 aromatic carbocycles. The molecule has 1 unspecified atom stereocenters. The van der Waals surface area contributed by atoms with E-state index in [1.165, 1.54) is 7.11 Å². The number of carboxylic acids is 1. The molecule has 0 saturated heterocycles. The first-order valence-corrected chi connectivity index (χ1v) is 4.61. The second kappa shape index (κ2) is 2.98. The number of ether oxygens (including phenoxy) is 1. The van der Waals surface area contributed by atoms with Gasteiger partial charge in [-0.05, 0) is 18.3 Å². The van der Waals surface area contributed by atoms with E-state index in [1.807, 2.05) is 13.8 Å². The van der Waals surface area contributed by atoms with E-state index < -0.39 is 12.1 Å². The van der Waals surface area contributed by atoms with Gasteiger partial charge in [-0.2, -0.15) is 0 Å². The van der Waals surface area contributed by atoms with Crippen molar-refractivity contribution in [2.45, 2.75) is 39.7 Å². The number of rotatable bonds is 4. The second-order valence-corrected chi connectivity index (χ2v) is 4.74. The van der Waals surface area contributed by atoms with Crippen LogP contribution in [-0.4, -0.2) is 24.3 Å². The third kappa shape index (κ3) is 1.57. The fourth-order valence-electron chi connectivity index (χ4n) is 1.85. The molecule has 1 aliphatic rings. The Bertz CT molecular complexity index is 216. The molecule has 76 valence electrons. The summed E-state index contributed by atoms with van der Waals surface area (Å²) in [7, 11) is 1.46. The maximum atomic E-state index is 10.9. The fraction of sp³-hybridized carbons (Fsp3) is 0.900. The number of aliphatic carboxylic acids is 1. The topological polar surface area (TPSA) is 46.5 Å². The molecule has 0 spiro atoms. The Kier molecular flexibility index (Phi) is 2.41. The van der Waals surface area contributed by atoms with Crippen LogP contribution >= 0.6 is 0 Å². The Balaban J connectivity index is 2.83. The van der Waals surface area contributed by atoms with E-state index in [2.05, 4.69) is 6.92 Å². The van der Waals surface area contributed by atoms with Crippen LogP contribution in [0.3, 0.4) is 0 Å². The highest BCUT2D eigenvalue weighted by atomic mass is 16.5. The summed E-state index contributed by atoms with van der Waals surface area (Å²) < 4.78 is 5.04. The molecular formula is C10H18O3. The Hall–Kier alpha value is -0.570. The van der Waals surface area contributed by atoms with Gasteiger partial charge in [-0.15, -0.1) is 0 Å². The molecule has 1 fully saturated rings. The van der Waals surface area contributed by atoms with Gasteiger partial charge in [0, 0.05) is 12.5 Å². The van der Waals surface area contributed by atoms with E-state index in [-0.39, 0.29) is 10.8 Å². The minimum absolute atomic E-state index is 0.145. The SMILES string of the molecule is COC(C(=O)O)C(C)(C)C1(C)CC1. The smallest absolute Gasteiger partial charge is 0.333 e. The van der Waals surface area contributed by atoms with E-state index in [0.29, 0.717) is 0 Å². The van der Waals surface area contributed by atoms with Gasteiger partial charge in [0.2, 0.25) is 0 Å². The standard InChI is InChI=1S/C10H18O3/c1-9(2,10(3)5-6-10)7(13-4)8(11)12/h7H,5-6H2,1-4H3,(H,11,12). The van der Waals surface area contributed by atoms with Crippen LogP contribution in [0, 0.1) is 10.8 Å². The zero-order chi connectivity index (χ0) is 10.3. The normalized spacial score (nSPS) is 22.5. The summed E-state index contributed by atoms with van der Waals surface area (Å²) in [6, 6.07) is 0. The Labute approximate surface area is 79.1 Å². The second-order valence-electron chi connectivity index (χ2n) is 4.74. The molecule has 1 N–H and O–H groups in total. The lowest BCUT2D eigenvalue weighted by Crippen LogP contribution is -2.43. The van der Waals surface area contributed by atoms with E-state index in [1.54, 1.807) is 0 Å². The highest BCUT2D eigenvalue weighted by Gasteiger charge is 2.56. The quantitative estimate of drug-likeness (QED) is 0.729. The molecule has 3 heteroatoms. The highest BCUT2D eigenvalue weighted by molar-refractivity contribution is 5.73. The Morgan fingerprint density at radius 1 is 1.54 bits per heavy atom. The average molecular weight is 186 g/mol. The molecule has 0 aromatic heterocycles. The molecule has 0 bridgehead atoms. The van der Waals surface area contributed by atoms with E-state index in [0.717, 1.165) is 12.8 Å². The summed E-state index contributed by atoms with van der Waals surface area (Å²) >= 11 is 0. The Morgan fingerprint density at radius 3 is 2.23 bits per heavy atom. The molecule has 0 aliphatic heterocycles. The molecule has 13 heavy (non-hydrogen) atoms. The lowest BCUT2D eigenvalue weighted by molar-refractivity contribution is -0.159. The fourth-order valence-corrected chi connectivity index (χ4v) is 1.85.